The van der Waals surface area contributed by atoms with Crippen LogP contribution in [0.3, 0.4) is 0 Å². The molecule has 0 aromatic heterocycles. The molecule has 0 saturated heterocycles. The number of ether oxygens (including phenoxy) is 2. The van der Waals surface area contributed by atoms with E-state index in [0.717, 1.165) is 12.8 Å². The molecule has 3 nitrogen and oxygen atoms in total. The van der Waals surface area contributed by atoms with Gasteiger partial charge in [0.15, 0.2) is 0 Å². The predicted octanol–water partition coefficient (Wildman–Crippen LogP) is 5.78. The number of hydrogen-bond donors (Lipinski definition) is 0. The fraction of sp³-hybridized carbons (Fsp3) is 1.00. The number of unbranched alkanes of at least 4 members (excludes halogenated alkanes) is 10. The van der Waals surface area contributed by atoms with Crippen LogP contribution in [0.1, 0.15) is 90.9 Å². The van der Waals surface area contributed by atoms with E-state index in [4.69, 9.17) is 9.47 Å². The first kappa shape index (κ1) is 21.1. The molecule has 4 heteroatoms. The van der Waals surface area contributed by atoms with Crippen LogP contribution >= 0.6 is 8.46 Å². The molecule has 0 radical (unpaired) electrons. The molecule has 0 rings (SSSR count). The second kappa shape index (κ2) is 18.2. The van der Waals surface area contributed by atoms with Gasteiger partial charge in [-0.25, -0.2) is 0 Å². The molecule has 21 heavy (non-hydrogen) atoms. The summed E-state index contributed by atoms with van der Waals surface area (Å²) in [6.07, 6.45) is 15.0. The van der Waals surface area contributed by atoms with Crippen molar-refractivity contribution in [3.63, 3.8) is 0 Å². The highest BCUT2D eigenvalue weighted by atomic mass is 31.1. The van der Waals surface area contributed by atoms with Gasteiger partial charge in [0.1, 0.15) is 8.46 Å². The second-order valence-corrected chi connectivity index (χ2v) is 6.60. The second-order valence-electron chi connectivity index (χ2n) is 5.78. The normalized spacial score (nSPS) is 12.0. The molecule has 0 heterocycles. The molecule has 1 atom stereocenters. The average molecular weight is 320 g/mol. The Hall–Kier alpha value is 0.150. The van der Waals surface area contributed by atoms with E-state index in [2.05, 4.69) is 13.8 Å². The van der Waals surface area contributed by atoms with Crippen LogP contribution in [0.15, 0.2) is 0 Å². The van der Waals surface area contributed by atoms with Crippen LogP contribution in [0.25, 0.3) is 0 Å². The van der Waals surface area contributed by atoms with Gasteiger partial charge in [0.25, 0.3) is 0 Å². The SMILES string of the molecule is CCCCCCCCOC(OCCCCCCCC)[PH2]=O. The van der Waals surface area contributed by atoms with E-state index in [1.807, 2.05) is 0 Å². The Balaban J connectivity index is 3.31. The third kappa shape index (κ3) is 16.3. The summed E-state index contributed by atoms with van der Waals surface area (Å²) in [7, 11) is -0.991. The summed E-state index contributed by atoms with van der Waals surface area (Å²) in [4.78, 5) is 0. The average Bonchev–Trinajstić information content (AvgIpc) is 2.51. The Morgan fingerprint density at radius 2 is 1.05 bits per heavy atom. The molecule has 0 N–H and O–H groups in total. The third-order valence-corrected chi connectivity index (χ3v) is 4.28. The topological polar surface area (TPSA) is 35.5 Å². The van der Waals surface area contributed by atoms with Gasteiger partial charge in [-0.2, -0.15) is 0 Å². The van der Waals surface area contributed by atoms with Crippen molar-refractivity contribution in [2.24, 2.45) is 0 Å². The van der Waals surface area contributed by atoms with Crippen molar-refractivity contribution in [3.8, 4) is 0 Å². The molecule has 0 aliphatic heterocycles. The standard InChI is InChI=1S/C17H37O3P/c1-3-5-7-9-11-13-15-19-17(21-18)20-16-14-12-10-8-6-4-2/h17H,3-16,21H2,1-2H3. The summed E-state index contributed by atoms with van der Waals surface area (Å²) in [6, 6.07) is -0.448. The molecule has 0 amide bonds. The van der Waals surface area contributed by atoms with Gasteiger partial charge in [-0.1, -0.05) is 78.1 Å². The molecule has 0 spiro atoms. The van der Waals surface area contributed by atoms with Gasteiger partial charge in [-0.3, -0.25) is 0 Å². The van der Waals surface area contributed by atoms with E-state index in [-0.39, 0.29) is 0 Å². The molecule has 0 aliphatic carbocycles. The lowest BCUT2D eigenvalue weighted by atomic mass is 10.1. The van der Waals surface area contributed by atoms with E-state index in [9.17, 15) is 4.57 Å². The zero-order valence-electron chi connectivity index (χ0n) is 14.3. The summed E-state index contributed by atoms with van der Waals surface area (Å²) in [5, 5.41) is 0. The molecule has 0 saturated carbocycles. The van der Waals surface area contributed by atoms with Gasteiger partial charge in [-0.15, -0.1) is 0 Å². The summed E-state index contributed by atoms with van der Waals surface area (Å²) < 4.78 is 22.2. The van der Waals surface area contributed by atoms with Crippen molar-refractivity contribution in [1.29, 1.82) is 0 Å². The first-order valence-corrected chi connectivity index (χ1v) is 10.2. The molecular formula is C17H37O3P. The van der Waals surface area contributed by atoms with Crippen molar-refractivity contribution in [2.45, 2.75) is 96.9 Å². The van der Waals surface area contributed by atoms with Crippen LogP contribution < -0.4 is 0 Å². The maximum atomic E-state index is 11.1. The molecule has 0 aliphatic rings. The monoisotopic (exact) mass is 320 g/mol. The summed E-state index contributed by atoms with van der Waals surface area (Å²) >= 11 is 0. The molecule has 1 unspecified atom stereocenters. The predicted molar refractivity (Wildman–Crippen MR) is 92.8 cm³/mol. The highest BCUT2D eigenvalue weighted by Crippen LogP contribution is 2.13. The lowest BCUT2D eigenvalue weighted by Gasteiger charge is -2.13. The van der Waals surface area contributed by atoms with Gasteiger partial charge in [0.2, 0.25) is 6.03 Å². The van der Waals surface area contributed by atoms with Gasteiger partial charge in [0, 0.05) is 0 Å². The molecule has 0 aromatic carbocycles. The molecule has 128 valence electrons. The van der Waals surface area contributed by atoms with E-state index < -0.39 is 14.5 Å². The maximum Gasteiger partial charge on any atom is 0.205 e. The molecule has 0 bridgehead atoms. The van der Waals surface area contributed by atoms with Gasteiger partial charge >= 0.3 is 0 Å². The van der Waals surface area contributed by atoms with E-state index in [1.54, 1.807) is 0 Å². The van der Waals surface area contributed by atoms with Crippen LogP contribution in [0, 0.1) is 0 Å². The van der Waals surface area contributed by atoms with E-state index in [1.165, 1.54) is 64.2 Å². The van der Waals surface area contributed by atoms with Crippen molar-refractivity contribution in [2.75, 3.05) is 13.2 Å². The molecular weight excluding hydrogens is 283 g/mol. The highest BCUT2D eigenvalue weighted by Gasteiger charge is 2.05. The van der Waals surface area contributed by atoms with Crippen molar-refractivity contribution in [3.05, 3.63) is 0 Å². The van der Waals surface area contributed by atoms with Gasteiger partial charge in [0.05, 0.1) is 13.2 Å². The summed E-state index contributed by atoms with van der Waals surface area (Å²) in [6.45, 7) is 5.82. The van der Waals surface area contributed by atoms with Crippen molar-refractivity contribution < 1.29 is 14.0 Å². The molecule has 0 aromatic rings. The summed E-state index contributed by atoms with van der Waals surface area (Å²) in [5.41, 5.74) is 0. The fourth-order valence-corrected chi connectivity index (χ4v) is 2.72. The van der Waals surface area contributed by atoms with Crippen LogP contribution in [0.2, 0.25) is 0 Å². The Morgan fingerprint density at radius 3 is 1.43 bits per heavy atom. The van der Waals surface area contributed by atoms with Gasteiger partial charge < -0.3 is 14.0 Å². The highest BCUT2D eigenvalue weighted by molar-refractivity contribution is 7.24. The van der Waals surface area contributed by atoms with Crippen LogP contribution in [0.5, 0.6) is 0 Å². The zero-order chi connectivity index (χ0) is 15.6. The lowest BCUT2D eigenvalue weighted by Crippen LogP contribution is -2.12. The zero-order valence-corrected chi connectivity index (χ0v) is 15.4. The smallest absolute Gasteiger partial charge is 0.205 e. The fourth-order valence-electron chi connectivity index (χ4n) is 2.29. The quantitative estimate of drug-likeness (QED) is 0.193. The minimum Gasteiger partial charge on any atom is -0.347 e. The van der Waals surface area contributed by atoms with Crippen LogP contribution in [-0.2, 0) is 14.0 Å². The Labute approximate surface area is 133 Å². The first-order chi connectivity index (χ1) is 10.3. The third-order valence-electron chi connectivity index (χ3n) is 3.67. The number of rotatable bonds is 17. The Morgan fingerprint density at radius 1 is 0.667 bits per heavy atom. The van der Waals surface area contributed by atoms with Gasteiger partial charge in [-0.05, 0) is 12.8 Å². The van der Waals surface area contributed by atoms with E-state index in [0.29, 0.717) is 13.2 Å². The van der Waals surface area contributed by atoms with Crippen LogP contribution in [-0.4, -0.2) is 19.2 Å². The first-order valence-electron chi connectivity index (χ1n) is 9.03. The minimum atomic E-state index is -0.991. The summed E-state index contributed by atoms with van der Waals surface area (Å²) in [5.74, 6) is 0. The number of hydrogen-bond acceptors (Lipinski definition) is 3. The van der Waals surface area contributed by atoms with Crippen molar-refractivity contribution >= 4 is 8.46 Å². The Bertz CT molecular complexity index is 194. The van der Waals surface area contributed by atoms with E-state index >= 15 is 0 Å². The Kier molecular flexibility index (Phi) is 18.3. The minimum absolute atomic E-state index is 0.448. The largest absolute Gasteiger partial charge is 0.347 e. The van der Waals surface area contributed by atoms with Crippen molar-refractivity contribution in [1.82, 2.24) is 0 Å². The lowest BCUT2D eigenvalue weighted by molar-refractivity contribution is -0.0874. The molecule has 0 fully saturated rings. The maximum absolute atomic E-state index is 11.1. The van der Waals surface area contributed by atoms with Crippen LogP contribution in [0.4, 0.5) is 0 Å².